The zero-order valence-electron chi connectivity index (χ0n) is 13.0. The molecular weight excluding hydrogens is 282 g/mol. The van der Waals surface area contributed by atoms with Gasteiger partial charge in [0.1, 0.15) is 0 Å². The summed E-state index contributed by atoms with van der Waals surface area (Å²) in [6, 6.07) is 30.0. The fraction of sp³-hybridized carbons (Fsp3) is 0.143. The molecule has 0 aliphatic rings. The van der Waals surface area contributed by atoms with Crippen molar-refractivity contribution in [2.24, 2.45) is 0 Å². The first-order valence-electron chi connectivity index (χ1n) is 7.90. The fourth-order valence-electron chi connectivity index (χ4n) is 2.74. The number of nitrogens with one attached hydrogen (secondary N) is 1. The summed E-state index contributed by atoms with van der Waals surface area (Å²) >= 11 is 0. The number of hydrogen-bond donors (Lipinski definition) is 2. The molecule has 0 radical (unpaired) electrons. The van der Waals surface area contributed by atoms with Crippen LogP contribution in [0, 0.1) is 0 Å². The predicted molar refractivity (Wildman–Crippen MR) is 93.9 cm³/mol. The molecule has 0 aromatic heterocycles. The molecule has 116 valence electrons. The van der Waals surface area contributed by atoms with E-state index in [1.54, 1.807) is 0 Å². The second-order valence-electron chi connectivity index (χ2n) is 5.61. The molecule has 0 saturated carbocycles. The highest BCUT2D eigenvalue weighted by molar-refractivity contribution is 5.26. The van der Waals surface area contributed by atoms with E-state index < -0.39 is 6.10 Å². The van der Waals surface area contributed by atoms with Gasteiger partial charge in [0.15, 0.2) is 0 Å². The van der Waals surface area contributed by atoms with Gasteiger partial charge in [-0.05, 0) is 16.7 Å². The van der Waals surface area contributed by atoms with Crippen LogP contribution in [-0.4, -0.2) is 5.11 Å². The van der Waals surface area contributed by atoms with Gasteiger partial charge in [-0.25, -0.2) is 0 Å². The average Bonchev–Trinajstić information content (AvgIpc) is 2.64. The molecule has 0 saturated heterocycles. The quantitative estimate of drug-likeness (QED) is 0.713. The summed E-state index contributed by atoms with van der Waals surface area (Å²) in [5.74, 6) is 0. The summed E-state index contributed by atoms with van der Waals surface area (Å²) < 4.78 is 0. The smallest absolute Gasteiger partial charge is 0.0984 e. The van der Waals surface area contributed by atoms with Crippen LogP contribution in [0.2, 0.25) is 0 Å². The first-order chi connectivity index (χ1) is 11.3. The molecule has 0 fully saturated rings. The summed E-state index contributed by atoms with van der Waals surface area (Å²) in [4.78, 5) is 0. The van der Waals surface area contributed by atoms with E-state index in [1.807, 2.05) is 66.7 Å². The van der Waals surface area contributed by atoms with Crippen LogP contribution in [0.15, 0.2) is 91.0 Å². The minimum atomic E-state index is -0.595. The predicted octanol–water partition coefficient (Wildman–Crippen LogP) is 4.25. The van der Waals surface area contributed by atoms with Crippen LogP contribution in [0.25, 0.3) is 0 Å². The van der Waals surface area contributed by atoms with Crippen molar-refractivity contribution in [3.05, 3.63) is 108 Å². The maximum absolute atomic E-state index is 10.8. The Morgan fingerprint density at radius 2 is 1.13 bits per heavy atom. The van der Waals surface area contributed by atoms with Crippen LogP contribution in [0.4, 0.5) is 0 Å². The zero-order chi connectivity index (χ0) is 15.9. The zero-order valence-corrected chi connectivity index (χ0v) is 13.0. The highest BCUT2D eigenvalue weighted by atomic mass is 16.3. The van der Waals surface area contributed by atoms with Crippen LogP contribution >= 0.6 is 0 Å². The molecule has 0 spiro atoms. The monoisotopic (exact) mass is 303 g/mol. The van der Waals surface area contributed by atoms with Crippen LogP contribution in [0.1, 0.15) is 28.8 Å². The molecule has 23 heavy (non-hydrogen) atoms. The molecule has 0 amide bonds. The number of aliphatic hydroxyl groups excluding tert-OH is 1. The van der Waals surface area contributed by atoms with Gasteiger partial charge in [0.05, 0.1) is 12.1 Å². The van der Waals surface area contributed by atoms with Gasteiger partial charge in [-0.15, -0.1) is 0 Å². The van der Waals surface area contributed by atoms with Crippen molar-refractivity contribution in [3.63, 3.8) is 0 Å². The average molecular weight is 303 g/mol. The lowest BCUT2D eigenvalue weighted by molar-refractivity contribution is 0.127. The summed E-state index contributed by atoms with van der Waals surface area (Å²) in [6.07, 6.45) is -0.595. The Kier molecular flexibility index (Phi) is 5.20. The number of hydrogen-bond acceptors (Lipinski definition) is 2. The lowest BCUT2D eigenvalue weighted by Crippen LogP contribution is -2.27. The minimum Gasteiger partial charge on any atom is -0.386 e. The van der Waals surface area contributed by atoms with Gasteiger partial charge in [0.25, 0.3) is 0 Å². The van der Waals surface area contributed by atoms with E-state index in [0.29, 0.717) is 6.54 Å². The van der Waals surface area contributed by atoms with Gasteiger partial charge in [0, 0.05) is 6.54 Å². The van der Waals surface area contributed by atoms with Crippen LogP contribution in [-0.2, 0) is 6.54 Å². The Balaban J connectivity index is 1.82. The molecule has 0 bridgehead atoms. The van der Waals surface area contributed by atoms with Gasteiger partial charge in [0.2, 0.25) is 0 Å². The summed E-state index contributed by atoms with van der Waals surface area (Å²) in [7, 11) is 0. The second kappa shape index (κ2) is 7.73. The van der Waals surface area contributed by atoms with Gasteiger partial charge in [-0.2, -0.15) is 0 Å². The molecule has 0 aliphatic carbocycles. The fourth-order valence-corrected chi connectivity index (χ4v) is 2.74. The Morgan fingerprint density at radius 3 is 1.70 bits per heavy atom. The van der Waals surface area contributed by atoms with E-state index >= 15 is 0 Å². The Morgan fingerprint density at radius 1 is 0.652 bits per heavy atom. The SMILES string of the molecule is O[C@H](c1ccccc1)[C@@H](NCc1ccccc1)c1ccccc1. The topological polar surface area (TPSA) is 32.3 Å². The Hall–Kier alpha value is -2.42. The van der Waals surface area contributed by atoms with Crippen LogP contribution < -0.4 is 5.32 Å². The van der Waals surface area contributed by atoms with E-state index in [4.69, 9.17) is 0 Å². The first-order valence-corrected chi connectivity index (χ1v) is 7.90. The molecule has 2 heteroatoms. The number of benzene rings is 3. The molecule has 2 atom stereocenters. The molecule has 3 rings (SSSR count). The number of aliphatic hydroxyl groups is 1. The van der Waals surface area contributed by atoms with Crippen molar-refractivity contribution in [1.29, 1.82) is 0 Å². The standard InChI is InChI=1S/C21H21NO/c23-21(19-14-8-3-9-15-19)20(18-12-6-2-7-13-18)22-16-17-10-4-1-5-11-17/h1-15,20-23H,16H2/t20-,21+/m0/s1. The van der Waals surface area contributed by atoms with Gasteiger partial charge >= 0.3 is 0 Å². The largest absolute Gasteiger partial charge is 0.386 e. The lowest BCUT2D eigenvalue weighted by Gasteiger charge is -2.25. The number of rotatable bonds is 6. The Labute approximate surface area is 137 Å². The van der Waals surface area contributed by atoms with Gasteiger partial charge in [-0.1, -0.05) is 91.0 Å². The van der Waals surface area contributed by atoms with Crippen molar-refractivity contribution in [1.82, 2.24) is 5.32 Å². The summed E-state index contributed by atoms with van der Waals surface area (Å²) in [5.41, 5.74) is 3.20. The molecule has 0 unspecified atom stereocenters. The third-order valence-electron chi connectivity index (χ3n) is 3.98. The van der Waals surface area contributed by atoms with Crippen molar-refractivity contribution in [3.8, 4) is 0 Å². The van der Waals surface area contributed by atoms with Crippen LogP contribution in [0.3, 0.4) is 0 Å². The van der Waals surface area contributed by atoms with Crippen molar-refractivity contribution < 1.29 is 5.11 Å². The maximum Gasteiger partial charge on any atom is 0.0984 e. The maximum atomic E-state index is 10.8. The molecule has 3 aromatic carbocycles. The minimum absolute atomic E-state index is 0.154. The van der Waals surface area contributed by atoms with Crippen molar-refractivity contribution in [2.45, 2.75) is 18.7 Å². The van der Waals surface area contributed by atoms with Gasteiger partial charge in [-0.3, -0.25) is 0 Å². The van der Waals surface area contributed by atoms with E-state index in [9.17, 15) is 5.11 Å². The normalized spacial score (nSPS) is 13.4. The molecule has 0 heterocycles. The van der Waals surface area contributed by atoms with E-state index in [-0.39, 0.29) is 6.04 Å². The van der Waals surface area contributed by atoms with E-state index in [0.717, 1.165) is 11.1 Å². The van der Waals surface area contributed by atoms with Crippen molar-refractivity contribution >= 4 is 0 Å². The Bertz CT molecular complexity index is 698. The summed E-state index contributed by atoms with van der Waals surface area (Å²) in [6.45, 7) is 0.713. The summed E-state index contributed by atoms with van der Waals surface area (Å²) in [5, 5.41) is 14.3. The van der Waals surface area contributed by atoms with E-state index in [1.165, 1.54) is 5.56 Å². The molecule has 3 aromatic rings. The molecular formula is C21H21NO. The van der Waals surface area contributed by atoms with Gasteiger partial charge < -0.3 is 10.4 Å². The highest BCUT2D eigenvalue weighted by Crippen LogP contribution is 2.28. The van der Waals surface area contributed by atoms with Crippen LogP contribution in [0.5, 0.6) is 0 Å². The highest BCUT2D eigenvalue weighted by Gasteiger charge is 2.22. The third kappa shape index (κ3) is 4.07. The van der Waals surface area contributed by atoms with E-state index in [2.05, 4.69) is 29.6 Å². The lowest BCUT2D eigenvalue weighted by atomic mass is 9.95. The molecule has 2 N–H and O–H groups in total. The second-order valence-corrected chi connectivity index (χ2v) is 5.61. The van der Waals surface area contributed by atoms with Crippen molar-refractivity contribution in [2.75, 3.05) is 0 Å². The molecule has 0 aliphatic heterocycles. The molecule has 2 nitrogen and oxygen atoms in total. The third-order valence-corrected chi connectivity index (χ3v) is 3.98. The first kappa shape index (κ1) is 15.5.